The minimum Gasteiger partial charge on any atom is -0.459 e. The van der Waals surface area contributed by atoms with Crippen molar-refractivity contribution in [3.05, 3.63) is 12.2 Å². The topological polar surface area (TPSA) is 44.8 Å². The van der Waals surface area contributed by atoms with Crippen LogP contribution in [0.3, 0.4) is 0 Å². The summed E-state index contributed by atoms with van der Waals surface area (Å²) in [7, 11) is 0. The van der Waals surface area contributed by atoms with Crippen molar-refractivity contribution in [1.29, 1.82) is 0 Å². The molecule has 2 rings (SSSR count). The van der Waals surface area contributed by atoms with Crippen LogP contribution in [-0.4, -0.2) is 31.6 Å². The van der Waals surface area contributed by atoms with E-state index in [2.05, 4.69) is 6.58 Å². The number of rotatable bonds is 4. The molecule has 1 aliphatic carbocycles. The van der Waals surface area contributed by atoms with E-state index in [4.69, 9.17) is 14.2 Å². The van der Waals surface area contributed by atoms with Gasteiger partial charge in [0, 0.05) is 11.5 Å². The van der Waals surface area contributed by atoms with Gasteiger partial charge in [0.15, 0.2) is 6.29 Å². The molecule has 1 saturated heterocycles. The number of carbonyl (C=O) groups is 1. The van der Waals surface area contributed by atoms with E-state index in [-0.39, 0.29) is 25.0 Å². The van der Waals surface area contributed by atoms with Crippen molar-refractivity contribution in [1.82, 2.24) is 0 Å². The lowest BCUT2D eigenvalue weighted by Crippen LogP contribution is -2.24. The maximum Gasteiger partial charge on any atom is 0.333 e. The molecule has 1 aliphatic heterocycles. The number of hydrogen-bond donors (Lipinski definition) is 0. The van der Waals surface area contributed by atoms with Crippen molar-refractivity contribution in [2.24, 2.45) is 5.92 Å². The highest BCUT2D eigenvalue weighted by Gasteiger charge is 2.34. The molecule has 2 fully saturated rings. The number of carbonyl (C=O) groups excluding carboxylic acids is 1. The lowest BCUT2D eigenvalue weighted by molar-refractivity contribution is -0.145. The third-order valence-electron chi connectivity index (χ3n) is 3.31. The fourth-order valence-electron chi connectivity index (χ4n) is 2.33. The molecule has 0 N–H and O–H groups in total. The monoisotopic (exact) mass is 240 g/mol. The Hall–Kier alpha value is -0.870. The van der Waals surface area contributed by atoms with Crippen LogP contribution in [0.5, 0.6) is 0 Å². The first-order valence-electron chi connectivity index (χ1n) is 6.26. The molecule has 17 heavy (non-hydrogen) atoms. The van der Waals surface area contributed by atoms with Gasteiger partial charge in [-0.25, -0.2) is 4.79 Å². The molecule has 0 bridgehead atoms. The Morgan fingerprint density at radius 1 is 1.41 bits per heavy atom. The number of ether oxygens (including phenoxy) is 3. The van der Waals surface area contributed by atoms with E-state index in [1.165, 1.54) is 25.7 Å². The van der Waals surface area contributed by atoms with Gasteiger partial charge in [0.05, 0.1) is 6.61 Å². The van der Waals surface area contributed by atoms with Gasteiger partial charge >= 0.3 is 5.97 Å². The Labute approximate surface area is 102 Å². The van der Waals surface area contributed by atoms with Crippen molar-refractivity contribution in [2.45, 2.75) is 45.0 Å². The molecule has 4 nitrogen and oxygen atoms in total. The largest absolute Gasteiger partial charge is 0.459 e. The minimum absolute atomic E-state index is 0.0916. The van der Waals surface area contributed by atoms with E-state index in [0.29, 0.717) is 18.1 Å². The summed E-state index contributed by atoms with van der Waals surface area (Å²) in [5.41, 5.74) is 0.413. The summed E-state index contributed by atoms with van der Waals surface area (Å²) in [5, 5.41) is 0. The molecule has 2 aliphatic rings. The maximum absolute atomic E-state index is 11.2. The normalized spacial score (nSPS) is 29.5. The van der Waals surface area contributed by atoms with Crippen LogP contribution in [0.1, 0.15) is 32.6 Å². The van der Waals surface area contributed by atoms with E-state index < -0.39 is 0 Å². The fourth-order valence-corrected chi connectivity index (χ4v) is 2.33. The molecule has 0 aromatic carbocycles. The van der Waals surface area contributed by atoms with Crippen molar-refractivity contribution in [3.63, 3.8) is 0 Å². The van der Waals surface area contributed by atoms with Crippen LogP contribution < -0.4 is 0 Å². The van der Waals surface area contributed by atoms with E-state index in [9.17, 15) is 4.79 Å². The maximum atomic E-state index is 11.2. The van der Waals surface area contributed by atoms with Gasteiger partial charge in [-0.15, -0.1) is 0 Å². The molecule has 1 heterocycles. The van der Waals surface area contributed by atoms with Gasteiger partial charge in [-0.2, -0.15) is 0 Å². The highest BCUT2D eigenvalue weighted by Crippen LogP contribution is 2.32. The fraction of sp³-hybridized carbons (Fsp3) is 0.769. The second-order valence-electron chi connectivity index (χ2n) is 4.88. The molecule has 0 radical (unpaired) electrons. The van der Waals surface area contributed by atoms with Gasteiger partial charge in [-0.1, -0.05) is 19.4 Å². The van der Waals surface area contributed by atoms with E-state index >= 15 is 0 Å². The second kappa shape index (κ2) is 5.65. The summed E-state index contributed by atoms with van der Waals surface area (Å²) in [6.45, 7) is 5.94. The standard InChI is InChI=1S/C13H20O4/c1-9(2)12(14)15-7-11-8-16-13(17-11)10-5-3-4-6-10/h10-11,13H,1,3-8H2,2H3. The first-order valence-corrected chi connectivity index (χ1v) is 6.26. The Morgan fingerprint density at radius 2 is 2.12 bits per heavy atom. The summed E-state index contributed by atoms with van der Waals surface area (Å²) in [6.07, 6.45) is 4.69. The lowest BCUT2D eigenvalue weighted by atomic mass is 10.1. The summed E-state index contributed by atoms with van der Waals surface area (Å²) >= 11 is 0. The van der Waals surface area contributed by atoms with Crippen LogP contribution in [-0.2, 0) is 19.0 Å². The molecular formula is C13H20O4. The average Bonchev–Trinajstić information content (AvgIpc) is 2.95. The Morgan fingerprint density at radius 3 is 2.76 bits per heavy atom. The summed E-state index contributed by atoms with van der Waals surface area (Å²) in [6, 6.07) is 0. The van der Waals surface area contributed by atoms with Crippen molar-refractivity contribution >= 4 is 5.97 Å². The van der Waals surface area contributed by atoms with Gasteiger partial charge in [-0.3, -0.25) is 0 Å². The zero-order valence-corrected chi connectivity index (χ0v) is 10.3. The zero-order chi connectivity index (χ0) is 12.3. The van der Waals surface area contributed by atoms with Crippen LogP contribution in [0.4, 0.5) is 0 Å². The SMILES string of the molecule is C=C(C)C(=O)OCC1COC(C2CCCC2)O1. The first-order chi connectivity index (χ1) is 8.16. The highest BCUT2D eigenvalue weighted by atomic mass is 16.7. The average molecular weight is 240 g/mol. The highest BCUT2D eigenvalue weighted by molar-refractivity contribution is 5.86. The molecule has 4 heteroatoms. The summed E-state index contributed by atoms with van der Waals surface area (Å²) in [5.74, 6) is 0.162. The minimum atomic E-state index is -0.363. The molecule has 0 aromatic rings. The second-order valence-corrected chi connectivity index (χ2v) is 4.88. The molecule has 0 amide bonds. The first kappa shape index (κ1) is 12.6. The van der Waals surface area contributed by atoms with Crippen molar-refractivity contribution in [2.75, 3.05) is 13.2 Å². The third-order valence-corrected chi connectivity index (χ3v) is 3.31. The molecule has 0 spiro atoms. The summed E-state index contributed by atoms with van der Waals surface area (Å²) < 4.78 is 16.4. The van der Waals surface area contributed by atoms with Crippen LogP contribution in [0.25, 0.3) is 0 Å². The lowest BCUT2D eigenvalue weighted by Gasteiger charge is -2.17. The van der Waals surface area contributed by atoms with Gasteiger partial charge in [0.1, 0.15) is 12.7 Å². The molecular weight excluding hydrogens is 220 g/mol. The van der Waals surface area contributed by atoms with Crippen LogP contribution >= 0.6 is 0 Å². The van der Waals surface area contributed by atoms with Gasteiger partial charge < -0.3 is 14.2 Å². The van der Waals surface area contributed by atoms with Gasteiger partial charge in [0.2, 0.25) is 0 Å². The van der Waals surface area contributed by atoms with Crippen LogP contribution in [0.15, 0.2) is 12.2 Å². The van der Waals surface area contributed by atoms with Crippen LogP contribution in [0, 0.1) is 5.92 Å². The predicted octanol–water partition coefficient (Wildman–Crippen LogP) is 2.04. The zero-order valence-electron chi connectivity index (χ0n) is 10.3. The van der Waals surface area contributed by atoms with Crippen molar-refractivity contribution < 1.29 is 19.0 Å². The van der Waals surface area contributed by atoms with Gasteiger partial charge in [0.25, 0.3) is 0 Å². The quantitative estimate of drug-likeness (QED) is 0.557. The third kappa shape index (κ3) is 3.30. The predicted molar refractivity (Wildman–Crippen MR) is 62.3 cm³/mol. The van der Waals surface area contributed by atoms with Gasteiger partial charge in [-0.05, 0) is 19.8 Å². The van der Waals surface area contributed by atoms with Crippen molar-refractivity contribution in [3.8, 4) is 0 Å². The Kier molecular flexibility index (Phi) is 4.18. The molecule has 2 atom stereocenters. The molecule has 1 saturated carbocycles. The number of hydrogen-bond acceptors (Lipinski definition) is 4. The molecule has 96 valence electrons. The molecule has 0 aromatic heterocycles. The Balaban J connectivity index is 1.70. The Bertz CT molecular complexity index is 294. The van der Waals surface area contributed by atoms with E-state index in [0.717, 1.165) is 0 Å². The van der Waals surface area contributed by atoms with E-state index in [1.54, 1.807) is 6.92 Å². The molecule has 2 unspecified atom stereocenters. The van der Waals surface area contributed by atoms with Crippen LogP contribution in [0.2, 0.25) is 0 Å². The summed E-state index contributed by atoms with van der Waals surface area (Å²) in [4.78, 5) is 11.2. The smallest absolute Gasteiger partial charge is 0.333 e. The number of esters is 1. The van der Waals surface area contributed by atoms with E-state index in [1.807, 2.05) is 0 Å².